The van der Waals surface area contributed by atoms with Crippen LogP contribution in [0.2, 0.25) is 0 Å². The Labute approximate surface area is 99.3 Å². The molecule has 92 valence electrons. The average Bonchev–Trinajstić information content (AvgIpc) is 2.68. The third kappa shape index (κ3) is 4.47. The third-order valence-corrected chi connectivity index (χ3v) is 2.32. The van der Waals surface area contributed by atoms with E-state index in [-0.39, 0.29) is 0 Å². The summed E-state index contributed by atoms with van der Waals surface area (Å²) in [6.07, 6.45) is 0.771. The fraction of sp³-hybridized carbons (Fsp3) is 0.250. The van der Waals surface area contributed by atoms with Gasteiger partial charge in [0.1, 0.15) is 6.04 Å². The van der Waals surface area contributed by atoms with E-state index in [0.29, 0.717) is 5.13 Å². The van der Waals surface area contributed by atoms with Crippen LogP contribution in [0.1, 0.15) is 6.42 Å². The van der Waals surface area contributed by atoms with Gasteiger partial charge in [-0.25, -0.2) is 14.6 Å². The normalized spacial score (nSPS) is 11.5. The van der Waals surface area contributed by atoms with Crippen molar-refractivity contribution in [1.82, 2.24) is 10.3 Å². The van der Waals surface area contributed by atoms with Crippen molar-refractivity contribution in [3.05, 3.63) is 11.6 Å². The maximum Gasteiger partial charge on any atom is 0.326 e. The summed E-state index contributed by atoms with van der Waals surface area (Å²) in [5, 5.41) is 23.4. The average molecular weight is 259 g/mol. The summed E-state index contributed by atoms with van der Waals surface area (Å²) in [5.41, 5.74) is 0. The van der Waals surface area contributed by atoms with Gasteiger partial charge in [0.05, 0.1) is 6.42 Å². The van der Waals surface area contributed by atoms with Crippen LogP contribution in [-0.4, -0.2) is 39.2 Å². The minimum Gasteiger partial charge on any atom is -0.481 e. The lowest BCUT2D eigenvalue weighted by Crippen LogP contribution is -2.44. The Morgan fingerprint density at radius 1 is 1.41 bits per heavy atom. The van der Waals surface area contributed by atoms with Crippen molar-refractivity contribution in [2.45, 2.75) is 12.5 Å². The number of urea groups is 1. The van der Waals surface area contributed by atoms with E-state index in [1.165, 1.54) is 6.20 Å². The first-order chi connectivity index (χ1) is 7.99. The molecule has 0 saturated heterocycles. The number of amides is 2. The molecule has 0 radical (unpaired) electrons. The Kier molecular flexibility index (Phi) is 4.40. The lowest BCUT2D eigenvalue weighted by molar-refractivity contribution is -0.145. The minimum absolute atomic E-state index is 0.293. The predicted molar refractivity (Wildman–Crippen MR) is 57.9 cm³/mol. The summed E-state index contributed by atoms with van der Waals surface area (Å²) in [6.45, 7) is 0. The maximum absolute atomic E-state index is 11.3. The molecule has 1 rings (SSSR count). The van der Waals surface area contributed by atoms with Gasteiger partial charge in [-0.05, 0) is 0 Å². The number of nitrogens with one attached hydrogen (secondary N) is 2. The number of hydrogen-bond acceptors (Lipinski definition) is 5. The predicted octanol–water partition coefficient (Wildman–Crippen LogP) is 0.193. The van der Waals surface area contributed by atoms with Crippen LogP contribution in [0.5, 0.6) is 0 Å². The second-order valence-electron chi connectivity index (χ2n) is 2.92. The Morgan fingerprint density at radius 3 is 2.59 bits per heavy atom. The van der Waals surface area contributed by atoms with E-state index in [1.807, 2.05) is 5.32 Å². The quantitative estimate of drug-likeness (QED) is 0.597. The van der Waals surface area contributed by atoms with Gasteiger partial charge in [-0.2, -0.15) is 0 Å². The molecule has 0 fully saturated rings. The van der Waals surface area contributed by atoms with Crippen molar-refractivity contribution in [1.29, 1.82) is 0 Å². The van der Waals surface area contributed by atoms with Crippen LogP contribution in [0.4, 0.5) is 9.93 Å². The number of aromatic nitrogens is 1. The van der Waals surface area contributed by atoms with Crippen LogP contribution in [-0.2, 0) is 9.59 Å². The summed E-state index contributed by atoms with van der Waals surface area (Å²) in [5.74, 6) is -2.73. The summed E-state index contributed by atoms with van der Waals surface area (Å²) in [7, 11) is 0. The van der Waals surface area contributed by atoms with Gasteiger partial charge in [0.2, 0.25) is 0 Å². The van der Waals surface area contributed by atoms with E-state index >= 15 is 0 Å². The van der Waals surface area contributed by atoms with Crippen LogP contribution in [0.25, 0.3) is 0 Å². The number of carbonyl (C=O) groups is 3. The number of carboxylic acids is 2. The topological polar surface area (TPSA) is 129 Å². The van der Waals surface area contributed by atoms with Crippen molar-refractivity contribution in [2.24, 2.45) is 0 Å². The molecular formula is C8H9N3O5S. The van der Waals surface area contributed by atoms with E-state index < -0.39 is 30.4 Å². The van der Waals surface area contributed by atoms with Crippen molar-refractivity contribution < 1.29 is 24.6 Å². The zero-order valence-corrected chi connectivity index (χ0v) is 9.23. The molecule has 0 aliphatic heterocycles. The Morgan fingerprint density at radius 2 is 2.12 bits per heavy atom. The molecule has 0 aliphatic carbocycles. The zero-order valence-electron chi connectivity index (χ0n) is 8.41. The van der Waals surface area contributed by atoms with Crippen LogP contribution in [0.3, 0.4) is 0 Å². The number of aliphatic carboxylic acids is 2. The van der Waals surface area contributed by atoms with Crippen LogP contribution in [0, 0.1) is 0 Å². The van der Waals surface area contributed by atoms with Gasteiger partial charge in [-0.1, -0.05) is 0 Å². The van der Waals surface area contributed by atoms with Crippen LogP contribution < -0.4 is 10.6 Å². The lowest BCUT2D eigenvalue weighted by Gasteiger charge is -2.11. The number of carboxylic acid groups (broad SMARTS) is 2. The fourth-order valence-corrected chi connectivity index (χ4v) is 1.48. The molecule has 0 saturated carbocycles. The van der Waals surface area contributed by atoms with Gasteiger partial charge < -0.3 is 15.5 Å². The van der Waals surface area contributed by atoms with Gasteiger partial charge in [0.25, 0.3) is 0 Å². The summed E-state index contributed by atoms with van der Waals surface area (Å²) in [6, 6.07) is -2.29. The van der Waals surface area contributed by atoms with E-state index in [9.17, 15) is 14.4 Å². The highest BCUT2D eigenvalue weighted by molar-refractivity contribution is 7.13. The minimum atomic E-state index is -1.48. The number of hydrogen-bond donors (Lipinski definition) is 4. The standard InChI is InChI=1S/C8H9N3O5S/c12-5(13)3-4(6(14)15)10-7(16)11-8-9-1-2-17-8/h1-2,4H,3H2,(H,12,13)(H,14,15)(H2,9,10,11,16)/t4-/m0/s1. The molecule has 2 amide bonds. The molecule has 17 heavy (non-hydrogen) atoms. The van der Waals surface area contributed by atoms with Gasteiger partial charge in [-0.3, -0.25) is 10.1 Å². The third-order valence-electron chi connectivity index (χ3n) is 1.63. The molecule has 0 aromatic carbocycles. The maximum atomic E-state index is 11.3. The highest BCUT2D eigenvalue weighted by Crippen LogP contribution is 2.09. The first-order valence-electron chi connectivity index (χ1n) is 4.40. The number of rotatable bonds is 5. The van der Waals surface area contributed by atoms with Gasteiger partial charge in [0, 0.05) is 11.6 Å². The Hall–Kier alpha value is -2.16. The van der Waals surface area contributed by atoms with E-state index in [2.05, 4.69) is 10.3 Å². The molecule has 1 aromatic heterocycles. The van der Waals surface area contributed by atoms with Gasteiger partial charge in [0.15, 0.2) is 5.13 Å². The number of thiazole rings is 1. The molecule has 1 atom stereocenters. The van der Waals surface area contributed by atoms with Crippen LogP contribution >= 0.6 is 11.3 Å². The number of carbonyl (C=O) groups excluding carboxylic acids is 1. The molecule has 9 heteroatoms. The number of nitrogens with zero attached hydrogens (tertiary/aromatic N) is 1. The van der Waals surface area contributed by atoms with E-state index in [0.717, 1.165) is 11.3 Å². The molecule has 0 bridgehead atoms. The monoisotopic (exact) mass is 259 g/mol. The SMILES string of the molecule is O=C(O)C[C@H](NC(=O)Nc1nccs1)C(=O)O. The molecule has 0 unspecified atom stereocenters. The summed E-state index contributed by atoms with van der Waals surface area (Å²) in [4.78, 5) is 36.1. The van der Waals surface area contributed by atoms with Crippen molar-refractivity contribution >= 4 is 34.4 Å². The van der Waals surface area contributed by atoms with Gasteiger partial charge in [-0.15, -0.1) is 11.3 Å². The largest absolute Gasteiger partial charge is 0.481 e. The smallest absolute Gasteiger partial charge is 0.326 e. The molecule has 0 spiro atoms. The molecule has 0 aliphatic rings. The van der Waals surface area contributed by atoms with E-state index in [1.54, 1.807) is 5.38 Å². The Bertz CT molecular complexity index is 419. The molecule has 8 nitrogen and oxygen atoms in total. The van der Waals surface area contributed by atoms with Crippen LogP contribution in [0.15, 0.2) is 11.6 Å². The van der Waals surface area contributed by atoms with Crippen molar-refractivity contribution in [3.63, 3.8) is 0 Å². The first-order valence-corrected chi connectivity index (χ1v) is 5.28. The Balaban J connectivity index is 2.52. The highest BCUT2D eigenvalue weighted by Gasteiger charge is 2.23. The fourth-order valence-electron chi connectivity index (χ4n) is 0.951. The second-order valence-corrected chi connectivity index (χ2v) is 3.82. The van der Waals surface area contributed by atoms with E-state index in [4.69, 9.17) is 10.2 Å². The first kappa shape index (κ1) is 12.9. The summed E-state index contributed by atoms with van der Waals surface area (Å²) < 4.78 is 0. The second kappa shape index (κ2) is 5.80. The van der Waals surface area contributed by atoms with Gasteiger partial charge >= 0.3 is 18.0 Å². The number of anilines is 1. The zero-order chi connectivity index (χ0) is 12.8. The molecule has 4 N–H and O–H groups in total. The molecule has 1 aromatic rings. The van der Waals surface area contributed by atoms with Crippen molar-refractivity contribution in [3.8, 4) is 0 Å². The highest BCUT2D eigenvalue weighted by atomic mass is 32.1. The molecule has 1 heterocycles. The lowest BCUT2D eigenvalue weighted by atomic mass is 10.2. The summed E-state index contributed by atoms with van der Waals surface area (Å²) >= 11 is 1.15. The van der Waals surface area contributed by atoms with Crippen molar-refractivity contribution in [2.75, 3.05) is 5.32 Å². The molecular weight excluding hydrogens is 250 g/mol.